The van der Waals surface area contributed by atoms with E-state index in [9.17, 15) is 9.90 Å². The lowest BCUT2D eigenvalue weighted by atomic mass is 9.89. The molecule has 0 atom stereocenters. The number of likely N-dealkylation sites (tertiary alicyclic amines) is 1. The van der Waals surface area contributed by atoms with Crippen molar-refractivity contribution in [3.8, 4) is 5.75 Å². The molecule has 1 saturated heterocycles. The smallest absolute Gasteiger partial charge is 0.341 e. The molecule has 1 N–H and O–H groups in total. The summed E-state index contributed by atoms with van der Waals surface area (Å²) in [6, 6.07) is 0. The summed E-state index contributed by atoms with van der Waals surface area (Å²) in [6.07, 6.45) is 9.22. The molecular weight excluding hydrogens is 304 g/mol. The van der Waals surface area contributed by atoms with Crippen molar-refractivity contribution >= 4 is 5.97 Å². The van der Waals surface area contributed by atoms with E-state index in [2.05, 4.69) is 16.8 Å². The largest absolute Gasteiger partial charge is 0.492 e. The van der Waals surface area contributed by atoms with Gasteiger partial charge in [-0.05, 0) is 64.1 Å². The first-order chi connectivity index (χ1) is 11.7. The minimum absolute atomic E-state index is 0.211. The molecule has 0 bridgehead atoms. The number of unbranched alkanes of at least 4 members (excludes halogenated alkanes) is 1. The molecular formula is C19H28N2O3. The first-order valence-corrected chi connectivity index (χ1v) is 9.28. The number of ether oxygens (including phenoxy) is 1. The van der Waals surface area contributed by atoms with Gasteiger partial charge in [0, 0.05) is 17.5 Å². The third-order valence-electron chi connectivity index (χ3n) is 5.28. The monoisotopic (exact) mass is 332 g/mol. The highest BCUT2D eigenvalue weighted by Gasteiger charge is 2.26. The SMILES string of the molecule is CCCCN1CCC(Cc2ncc(C(=O)O)c3c2CCCO3)CC1. The third kappa shape index (κ3) is 3.89. The van der Waals surface area contributed by atoms with Gasteiger partial charge in [0.2, 0.25) is 0 Å². The number of aromatic nitrogens is 1. The summed E-state index contributed by atoms with van der Waals surface area (Å²) in [5, 5.41) is 9.33. The molecule has 0 amide bonds. The van der Waals surface area contributed by atoms with Crippen LogP contribution in [0.25, 0.3) is 0 Å². The van der Waals surface area contributed by atoms with Crippen molar-refractivity contribution in [3.05, 3.63) is 23.0 Å². The number of carboxylic acid groups (broad SMARTS) is 1. The summed E-state index contributed by atoms with van der Waals surface area (Å²) in [4.78, 5) is 18.4. The molecule has 2 aliphatic heterocycles. The van der Waals surface area contributed by atoms with Crippen molar-refractivity contribution in [2.75, 3.05) is 26.2 Å². The summed E-state index contributed by atoms with van der Waals surface area (Å²) >= 11 is 0. The number of hydrogen-bond acceptors (Lipinski definition) is 4. The third-order valence-corrected chi connectivity index (χ3v) is 5.28. The summed E-state index contributed by atoms with van der Waals surface area (Å²) in [7, 11) is 0. The van der Waals surface area contributed by atoms with Crippen LogP contribution in [0.15, 0.2) is 6.20 Å². The average Bonchev–Trinajstić information content (AvgIpc) is 2.61. The Labute approximate surface area is 144 Å². The van der Waals surface area contributed by atoms with E-state index in [1.165, 1.54) is 51.5 Å². The number of pyridine rings is 1. The van der Waals surface area contributed by atoms with Gasteiger partial charge in [0.25, 0.3) is 0 Å². The minimum atomic E-state index is -0.948. The Hall–Kier alpha value is -1.62. The van der Waals surface area contributed by atoms with Gasteiger partial charge in [-0.3, -0.25) is 4.98 Å². The maximum absolute atomic E-state index is 11.4. The Balaban J connectivity index is 1.67. The Morgan fingerprint density at radius 1 is 1.42 bits per heavy atom. The van der Waals surface area contributed by atoms with E-state index in [0.717, 1.165) is 30.5 Å². The van der Waals surface area contributed by atoms with Crippen molar-refractivity contribution in [3.63, 3.8) is 0 Å². The highest BCUT2D eigenvalue weighted by Crippen LogP contribution is 2.33. The molecule has 0 unspecified atom stereocenters. The lowest BCUT2D eigenvalue weighted by Gasteiger charge is -2.32. The highest BCUT2D eigenvalue weighted by molar-refractivity contribution is 5.91. The summed E-state index contributed by atoms with van der Waals surface area (Å²) in [6.45, 7) is 6.42. The van der Waals surface area contributed by atoms with Gasteiger partial charge in [0.1, 0.15) is 11.3 Å². The highest BCUT2D eigenvalue weighted by atomic mass is 16.5. The molecule has 1 aromatic heterocycles. The zero-order valence-electron chi connectivity index (χ0n) is 14.6. The van der Waals surface area contributed by atoms with Gasteiger partial charge in [-0.2, -0.15) is 0 Å². The first-order valence-electron chi connectivity index (χ1n) is 9.28. The van der Waals surface area contributed by atoms with Crippen LogP contribution < -0.4 is 4.74 Å². The van der Waals surface area contributed by atoms with Crippen molar-refractivity contribution in [1.29, 1.82) is 0 Å². The van der Waals surface area contributed by atoms with Gasteiger partial charge in [0.05, 0.1) is 6.61 Å². The van der Waals surface area contributed by atoms with Crippen molar-refractivity contribution in [2.24, 2.45) is 5.92 Å². The zero-order chi connectivity index (χ0) is 16.9. The van der Waals surface area contributed by atoms with Gasteiger partial charge in [-0.1, -0.05) is 13.3 Å². The van der Waals surface area contributed by atoms with Gasteiger partial charge in [0.15, 0.2) is 0 Å². The van der Waals surface area contributed by atoms with Crippen molar-refractivity contribution in [2.45, 2.75) is 51.9 Å². The average molecular weight is 332 g/mol. The van der Waals surface area contributed by atoms with E-state index >= 15 is 0 Å². The number of nitrogens with zero attached hydrogens (tertiary/aromatic N) is 2. The van der Waals surface area contributed by atoms with Gasteiger partial charge in [-0.25, -0.2) is 4.79 Å². The second-order valence-corrected chi connectivity index (χ2v) is 7.03. The van der Waals surface area contributed by atoms with E-state index in [0.29, 0.717) is 18.3 Å². The molecule has 0 spiro atoms. The fraction of sp³-hybridized carbons (Fsp3) is 0.684. The molecule has 3 rings (SSSR count). The predicted molar refractivity (Wildman–Crippen MR) is 92.8 cm³/mol. The van der Waals surface area contributed by atoms with E-state index in [1.54, 1.807) is 0 Å². The number of rotatable bonds is 6. The van der Waals surface area contributed by atoms with Crippen LogP contribution in [0.1, 0.15) is 60.6 Å². The zero-order valence-corrected chi connectivity index (χ0v) is 14.6. The quantitative estimate of drug-likeness (QED) is 0.867. The van der Waals surface area contributed by atoms with Crippen LogP contribution in [-0.2, 0) is 12.8 Å². The molecule has 132 valence electrons. The fourth-order valence-corrected chi connectivity index (χ4v) is 3.82. The van der Waals surface area contributed by atoms with E-state index in [4.69, 9.17) is 4.74 Å². The summed E-state index contributed by atoms with van der Waals surface area (Å²) in [5.41, 5.74) is 2.30. The first kappa shape index (κ1) is 17.2. The van der Waals surface area contributed by atoms with Crippen molar-refractivity contribution < 1.29 is 14.6 Å². The maximum Gasteiger partial charge on any atom is 0.341 e. The number of aromatic carboxylic acids is 1. The molecule has 2 aliphatic rings. The van der Waals surface area contributed by atoms with Crippen molar-refractivity contribution in [1.82, 2.24) is 9.88 Å². The molecule has 0 saturated carbocycles. The number of carbonyl (C=O) groups is 1. The molecule has 5 heteroatoms. The molecule has 1 aromatic rings. The van der Waals surface area contributed by atoms with E-state index in [-0.39, 0.29) is 5.56 Å². The Bertz CT molecular complexity index is 580. The van der Waals surface area contributed by atoms with Crippen LogP contribution in [0, 0.1) is 5.92 Å². The standard InChI is InChI=1S/C19H28N2O3/c1-2-3-8-21-9-6-14(7-10-21)12-17-15-5-4-11-24-18(15)16(13-20-17)19(22)23/h13-14H,2-12H2,1H3,(H,22,23). The van der Waals surface area contributed by atoms with Crippen LogP contribution in [-0.4, -0.2) is 47.2 Å². The predicted octanol–water partition coefficient (Wildman–Crippen LogP) is 3.16. The summed E-state index contributed by atoms with van der Waals surface area (Å²) in [5.74, 6) is 0.271. The van der Waals surface area contributed by atoms with Crippen LogP contribution in [0.2, 0.25) is 0 Å². The normalized spacial score (nSPS) is 18.9. The van der Waals surface area contributed by atoms with Crippen LogP contribution in [0.4, 0.5) is 0 Å². The van der Waals surface area contributed by atoms with E-state index < -0.39 is 5.97 Å². The lowest BCUT2D eigenvalue weighted by molar-refractivity contribution is 0.0690. The van der Waals surface area contributed by atoms with E-state index in [1.807, 2.05) is 0 Å². The van der Waals surface area contributed by atoms with Gasteiger partial charge >= 0.3 is 5.97 Å². The number of hydrogen-bond donors (Lipinski definition) is 1. The lowest BCUT2D eigenvalue weighted by Crippen LogP contribution is -2.35. The maximum atomic E-state index is 11.4. The fourth-order valence-electron chi connectivity index (χ4n) is 3.82. The van der Waals surface area contributed by atoms with Crippen LogP contribution in [0.3, 0.4) is 0 Å². The minimum Gasteiger partial charge on any atom is -0.492 e. The Morgan fingerprint density at radius 3 is 2.92 bits per heavy atom. The Kier molecular flexibility index (Phi) is 5.72. The number of piperidine rings is 1. The molecule has 3 heterocycles. The second kappa shape index (κ2) is 7.97. The topological polar surface area (TPSA) is 62.7 Å². The second-order valence-electron chi connectivity index (χ2n) is 7.03. The molecule has 24 heavy (non-hydrogen) atoms. The molecule has 1 fully saturated rings. The molecule has 0 aromatic carbocycles. The molecule has 5 nitrogen and oxygen atoms in total. The Morgan fingerprint density at radius 2 is 2.21 bits per heavy atom. The molecule has 0 radical (unpaired) electrons. The van der Waals surface area contributed by atoms with Gasteiger partial charge < -0.3 is 14.7 Å². The van der Waals surface area contributed by atoms with Crippen LogP contribution >= 0.6 is 0 Å². The van der Waals surface area contributed by atoms with Crippen LogP contribution in [0.5, 0.6) is 5.75 Å². The molecule has 0 aliphatic carbocycles. The van der Waals surface area contributed by atoms with Gasteiger partial charge in [-0.15, -0.1) is 0 Å². The summed E-state index contributed by atoms with van der Waals surface area (Å²) < 4.78 is 5.68. The number of fused-ring (bicyclic) bond motifs is 1. The number of carboxylic acids is 1.